The third-order valence-corrected chi connectivity index (χ3v) is 2.11. The molecule has 1 fully saturated rings. The van der Waals surface area contributed by atoms with E-state index < -0.39 is 0 Å². The van der Waals surface area contributed by atoms with Crippen molar-refractivity contribution in [1.29, 1.82) is 0 Å². The van der Waals surface area contributed by atoms with Gasteiger partial charge in [0.1, 0.15) is 0 Å². The topological polar surface area (TPSA) is 18.5 Å². The molecular weight excluding hydrogens is 160 g/mol. The molecule has 58 valence electrons. The van der Waals surface area contributed by atoms with Gasteiger partial charge in [-0.3, -0.25) is 8.37 Å². The van der Waals surface area contributed by atoms with Crippen molar-refractivity contribution >= 4 is 12.3 Å². The molecule has 0 aromatic heterocycles. The maximum atomic E-state index is 5.05. The summed E-state index contributed by atoms with van der Waals surface area (Å²) in [4.78, 5) is 0. The molecule has 11 heavy (non-hydrogen) atoms. The van der Waals surface area contributed by atoms with Crippen LogP contribution >= 0.6 is 12.3 Å². The molecular formula is C8H8O2S. The molecule has 2 nitrogen and oxygen atoms in total. The fraction of sp³-hybridized carbons (Fsp3) is 0.250. The Morgan fingerprint density at radius 3 is 2.27 bits per heavy atom. The molecule has 0 aliphatic carbocycles. The van der Waals surface area contributed by atoms with Crippen molar-refractivity contribution in [2.75, 3.05) is 0 Å². The molecule has 0 N–H and O–H groups in total. The SMILES string of the molecule is Cc1ccc(C2OSO2)cc1. The highest BCUT2D eigenvalue weighted by Gasteiger charge is 2.22. The van der Waals surface area contributed by atoms with E-state index in [1.54, 1.807) is 0 Å². The highest BCUT2D eigenvalue weighted by atomic mass is 32.2. The molecule has 0 bridgehead atoms. The zero-order valence-electron chi connectivity index (χ0n) is 6.11. The van der Waals surface area contributed by atoms with Crippen LogP contribution in [-0.4, -0.2) is 0 Å². The first-order valence-corrected chi connectivity index (χ1v) is 4.08. The maximum Gasteiger partial charge on any atom is 0.214 e. The van der Waals surface area contributed by atoms with Crippen LogP contribution in [0.25, 0.3) is 0 Å². The molecule has 0 radical (unpaired) electrons. The first-order chi connectivity index (χ1) is 5.36. The summed E-state index contributed by atoms with van der Waals surface area (Å²) in [5.74, 6) is 0. The molecule has 0 unspecified atom stereocenters. The summed E-state index contributed by atoms with van der Waals surface area (Å²) in [6.45, 7) is 2.06. The van der Waals surface area contributed by atoms with Crippen LogP contribution in [0.3, 0.4) is 0 Å². The van der Waals surface area contributed by atoms with Gasteiger partial charge < -0.3 is 0 Å². The molecule has 0 saturated carbocycles. The number of hydrogen-bond acceptors (Lipinski definition) is 3. The van der Waals surface area contributed by atoms with Gasteiger partial charge in [-0.15, -0.1) is 0 Å². The zero-order chi connectivity index (χ0) is 7.68. The van der Waals surface area contributed by atoms with Gasteiger partial charge in [-0.25, -0.2) is 0 Å². The number of rotatable bonds is 1. The van der Waals surface area contributed by atoms with E-state index in [0.29, 0.717) is 0 Å². The number of aryl methyl sites for hydroxylation is 1. The standard InChI is InChI=1S/C8H8O2S/c1-6-2-4-7(5-3-6)8-9-11-10-8/h2-5,8H,1H3. The van der Waals surface area contributed by atoms with Crippen molar-refractivity contribution in [3.8, 4) is 0 Å². The molecule has 3 heteroatoms. The molecule has 1 heterocycles. The van der Waals surface area contributed by atoms with Gasteiger partial charge in [0.25, 0.3) is 0 Å². The molecule has 1 aromatic carbocycles. The van der Waals surface area contributed by atoms with Crippen LogP contribution in [0.4, 0.5) is 0 Å². The van der Waals surface area contributed by atoms with Crippen molar-refractivity contribution < 1.29 is 8.37 Å². The summed E-state index contributed by atoms with van der Waals surface area (Å²) in [5, 5.41) is 0. The van der Waals surface area contributed by atoms with Crippen LogP contribution in [0.5, 0.6) is 0 Å². The Bertz CT molecular complexity index is 241. The summed E-state index contributed by atoms with van der Waals surface area (Å²) >= 11 is 1.04. The minimum atomic E-state index is -0.152. The molecule has 2 rings (SSSR count). The van der Waals surface area contributed by atoms with Gasteiger partial charge in [-0.1, -0.05) is 29.8 Å². The summed E-state index contributed by atoms with van der Waals surface area (Å²) in [6, 6.07) is 8.12. The lowest BCUT2D eigenvalue weighted by Gasteiger charge is -2.23. The Hall–Kier alpha value is -0.510. The first kappa shape index (κ1) is 7.16. The van der Waals surface area contributed by atoms with Gasteiger partial charge in [0.05, 0.1) is 0 Å². The monoisotopic (exact) mass is 168 g/mol. The lowest BCUT2D eigenvalue weighted by Crippen LogP contribution is -2.09. The van der Waals surface area contributed by atoms with Crippen molar-refractivity contribution in [3.05, 3.63) is 35.4 Å². The highest BCUT2D eigenvalue weighted by Crippen LogP contribution is 2.37. The number of hydrogen-bond donors (Lipinski definition) is 0. The molecule has 0 spiro atoms. The minimum absolute atomic E-state index is 0.152. The third kappa shape index (κ3) is 1.40. The molecule has 1 aliphatic rings. The maximum absolute atomic E-state index is 5.05. The smallest absolute Gasteiger partial charge is 0.214 e. The van der Waals surface area contributed by atoms with E-state index in [-0.39, 0.29) is 6.29 Å². The predicted molar refractivity (Wildman–Crippen MR) is 43.7 cm³/mol. The average molecular weight is 168 g/mol. The van der Waals surface area contributed by atoms with Gasteiger partial charge in [0.15, 0.2) is 12.3 Å². The van der Waals surface area contributed by atoms with Crippen LogP contribution in [0, 0.1) is 6.92 Å². The van der Waals surface area contributed by atoms with Crippen molar-refractivity contribution in [2.45, 2.75) is 13.2 Å². The van der Waals surface area contributed by atoms with Crippen molar-refractivity contribution in [3.63, 3.8) is 0 Å². The van der Waals surface area contributed by atoms with Crippen LogP contribution in [0.2, 0.25) is 0 Å². The minimum Gasteiger partial charge on any atom is -0.254 e. The quantitative estimate of drug-likeness (QED) is 0.600. The summed E-state index contributed by atoms with van der Waals surface area (Å²) in [6.07, 6.45) is -0.152. The van der Waals surface area contributed by atoms with Gasteiger partial charge >= 0.3 is 0 Å². The van der Waals surface area contributed by atoms with Crippen molar-refractivity contribution in [2.24, 2.45) is 0 Å². The Balaban J connectivity index is 2.18. The van der Waals surface area contributed by atoms with E-state index in [2.05, 4.69) is 6.92 Å². The van der Waals surface area contributed by atoms with E-state index in [0.717, 1.165) is 17.9 Å². The number of benzene rings is 1. The molecule has 1 aliphatic heterocycles. The van der Waals surface area contributed by atoms with Gasteiger partial charge in [-0.05, 0) is 6.92 Å². The highest BCUT2D eigenvalue weighted by molar-refractivity contribution is 7.90. The fourth-order valence-electron chi connectivity index (χ4n) is 0.913. The van der Waals surface area contributed by atoms with Crippen LogP contribution in [-0.2, 0) is 8.37 Å². The third-order valence-electron chi connectivity index (χ3n) is 1.60. The first-order valence-electron chi connectivity index (χ1n) is 3.41. The summed E-state index contributed by atoms with van der Waals surface area (Å²) in [5.41, 5.74) is 2.33. The summed E-state index contributed by atoms with van der Waals surface area (Å²) < 4.78 is 10.1. The molecule has 0 amide bonds. The van der Waals surface area contributed by atoms with Crippen LogP contribution in [0.15, 0.2) is 24.3 Å². The summed E-state index contributed by atoms with van der Waals surface area (Å²) in [7, 11) is 0. The van der Waals surface area contributed by atoms with Gasteiger partial charge in [0, 0.05) is 5.56 Å². The Labute approximate surface area is 69.9 Å². The largest absolute Gasteiger partial charge is 0.254 e. The second-order valence-electron chi connectivity index (χ2n) is 2.50. The molecule has 0 atom stereocenters. The fourth-order valence-corrected chi connectivity index (χ4v) is 1.29. The van der Waals surface area contributed by atoms with Crippen molar-refractivity contribution in [1.82, 2.24) is 0 Å². The lowest BCUT2D eigenvalue weighted by atomic mass is 10.1. The normalized spacial score (nSPS) is 17.9. The molecule has 1 aromatic rings. The lowest BCUT2D eigenvalue weighted by molar-refractivity contribution is -0.0429. The Kier molecular flexibility index (Phi) is 1.85. The second kappa shape index (κ2) is 2.85. The predicted octanol–water partition coefficient (Wildman–Crippen LogP) is 2.60. The second-order valence-corrected chi connectivity index (χ2v) is 3.02. The van der Waals surface area contributed by atoms with Gasteiger partial charge in [-0.2, -0.15) is 0 Å². The zero-order valence-corrected chi connectivity index (χ0v) is 6.93. The van der Waals surface area contributed by atoms with Crippen LogP contribution < -0.4 is 0 Å². The van der Waals surface area contributed by atoms with Crippen LogP contribution in [0.1, 0.15) is 17.4 Å². The van der Waals surface area contributed by atoms with E-state index >= 15 is 0 Å². The van der Waals surface area contributed by atoms with Gasteiger partial charge in [0.2, 0.25) is 6.29 Å². The van der Waals surface area contributed by atoms with E-state index in [9.17, 15) is 0 Å². The molecule has 1 saturated heterocycles. The van der Waals surface area contributed by atoms with E-state index in [1.807, 2.05) is 24.3 Å². The van der Waals surface area contributed by atoms with E-state index in [4.69, 9.17) is 8.37 Å². The average Bonchev–Trinajstić information content (AvgIpc) is 1.90. The Morgan fingerprint density at radius 2 is 1.82 bits per heavy atom. The Morgan fingerprint density at radius 1 is 1.18 bits per heavy atom. The van der Waals surface area contributed by atoms with E-state index in [1.165, 1.54) is 5.56 Å².